The van der Waals surface area contributed by atoms with Crippen molar-refractivity contribution in [3.63, 3.8) is 0 Å². The van der Waals surface area contributed by atoms with E-state index in [-0.39, 0.29) is 29.4 Å². The van der Waals surface area contributed by atoms with Crippen molar-refractivity contribution < 1.29 is 9.47 Å². The number of ether oxygens (including phenoxy) is 2. The molecule has 1 fully saturated rings. The van der Waals surface area contributed by atoms with Crippen LogP contribution in [0.3, 0.4) is 0 Å². The fraction of sp³-hybridized carbons (Fsp3) is 0.933. The minimum atomic E-state index is 0. The number of rotatable bonds is 10. The van der Waals surface area contributed by atoms with Crippen LogP contribution in [0.1, 0.15) is 20.3 Å². The molecular formula is C15H33IN4O2. The van der Waals surface area contributed by atoms with Gasteiger partial charge in [0.25, 0.3) is 0 Å². The van der Waals surface area contributed by atoms with E-state index in [1.54, 1.807) is 7.11 Å². The molecule has 1 rings (SSSR count). The van der Waals surface area contributed by atoms with Crippen molar-refractivity contribution in [1.29, 1.82) is 0 Å². The zero-order valence-corrected chi connectivity index (χ0v) is 16.8. The minimum absolute atomic E-state index is 0. The standard InChI is InChI=1S/C15H32N4O2.HI/c1-5-16-14(18-11-15(2)12-21-13-15)17-7-9-19(3)8-6-10-20-4;/h5-13H2,1-4H3,(H2,16,17,18);1H. The smallest absolute Gasteiger partial charge is 0.191 e. The Morgan fingerprint density at radius 3 is 2.59 bits per heavy atom. The Labute approximate surface area is 152 Å². The molecular weight excluding hydrogens is 395 g/mol. The van der Waals surface area contributed by atoms with E-state index in [1.807, 2.05) is 0 Å². The zero-order valence-electron chi connectivity index (χ0n) is 14.5. The molecule has 0 atom stereocenters. The van der Waals surface area contributed by atoms with Gasteiger partial charge < -0.3 is 25.0 Å². The summed E-state index contributed by atoms with van der Waals surface area (Å²) < 4.78 is 10.3. The molecule has 0 radical (unpaired) electrons. The molecule has 2 N–H and O–H groups in total. The van der Waals surface area contributed by atoms with E-state index >= 15 is 0 Å². The first-order valence-electron chi connectivity index (χ1n) is 7.87. The molecule has 0 unspecified atom stereocenters. The van der Waals surface area contributed by atoms with Crippen LogP contribution in [-0.2, 0) is 9.47 Å². The van der Waals surface area contributed by atoms with Crippen LogP contribution in [0.2, 0.25) is 0 Å². The Hall–Kier alpha value is -0.120. The summed E-state index contributed by atoms with van der Waals surface area (Å²) >= 11 is 0. The summed E-state index contributed by atoms with van der Waals surface area (Å²) in [5.41, 5.74) is 0.222. The highest BCUT2D eigenvalue weighted by molar-refractivity contribution is 14.0. The number of halogens is 1. The summed E-state index contributed by atoms with van der Waals surface area (Å²) in [5, 5.41) is 6.68. The van der Waals surface area contributed by atoms with Crippen LogP contribution >= 0.6 is 24.0 Å². The van der Waals surface area contributed by atoms with Gasteiger partial charge in [-0.25, -0.2) is 0 Å². The Morgan fingerprint density at radius 2 is 2.05 bits per heavy atom. The summed E-state index contributed by atoms with van der Waals surface area (Å²) in [6, 6.07) is 0. The van der Waals surface area contributed by atoms with Crippen molar-refractivity contribution in [3.05, 3.63) is 0 Å². The monoisotopic (exact) mass is 428 g/mol. The number of hydrogen-bond acceptors (Lipinski definition) is 4. The van der Waals surface area contributed by atoms with Gasteiger partial charge in [0.1, 0.15) is 0 Å². The van der Waals surface area contributed by atoms with Gasteiger partial charge in [-0.3, -0.25) is 4.99 Å². The largest absolute Gasteiger partial charge is 0.385 e. The number of nitrogens with zero attached hydrogens (tertiary/aromatic N) is 2. The lowest BCUT2D eigenvalue weighted by Gasteiger charge is -2.36. The molecule has 1 aliphatic rings. The van der Waals surface area contributed by atoms with Crippen LogP contribution in [-0.4, -0.2) is 77.6 Å². The number of guanidine groups is 1. The molecule has 1 aliphatic heterocycles. The van der Waals surface area contributed by atoms with E-state index in [2.05, 4.69) is 41.4 Å². The van der Waals surface area contributed by atoms with Crippen LogP contribution in [0.25, 0.3) is 0 Å². The first kappa shape index (κ1) is 21.9. The third-order valence-corrected chi connectivity index (χ3v) is 3.54. The third kappa shape index (κ3) is 9.12. The summed E-state index contributed by atoms with van der Waals surface area (Å²) in [7, 11) is 3.88. The number of aliphatic imine (C=N–C) groups is 1. The molecule has 0 aromatic carbocycles. The Morgan fingerprint density at radius 1 is 1.32 bits per heavy atom. The van der Waals surface area contributed by atoms with Gasteiger partial charge >= 0.3 is 0 Å². The van der Waals surface area contributed by atoms with Gasteiger partial charge in [-0.05, 0) is 20.4 Å². The van der Waals surface area contributed by atoms with Gasteiger partial charge in [-0.2, -0.15) is 0 Å². The highest BCUT2D eigenvalue weighted by Gasteiger charge is 2.33. The molecule has 22 heavy (non-hydrogen) atoms. The highest BCUT2D eigenvalue weighted by atomic mass is 127. The Balaban J connectivity index is 0.00000441. The van der Waals surface area contributed by atoms with Gasteiger partial charge in [-0.15, -0.1) is 24.0 Å². The van der Waals surface area contributed by atoms with E-state index in [1.165, 1.54) is 0 Å². The lowest BCUT2D eigenvalue weighted by molar-refractivity contribution is -0.0945. The normalized spacial score (nSPS) is 16.9. The summed E-state index contributed by atoms with van der Waals surface area (Å²) in [6.45, 7) is 11.4. The van der Waals surface area contributed by atoms with Crippen molar-refractivity contribution >= 4 is 29.9 Å². The first-order valence-corrected chi connectivity index (χ1v) is 7.87. The van der Waals surface area contributed by atoms with Crippen LogP contribution in [0, 0.1) is 5.41 Å². The molecule has 0 bridgehead atoms. The van der Waals surface area contributed by atoms with Crippen LogP contribution in [0.15, 0.2) is 4.99 Å². The van der Waals surface area contributed by atoms with Gasteiger partial charge in [0.05, 0.1) is 19.8 Å². The van der Waals surface area contributed by atoms with Crippen molar-refractivity contribution in [2.75, 3.05) is 66.7 Å². The van der Waals surface area contributed by atoms with E-state index < -0.39 is 0 Å². The van der Waals surface area contributed by atoms with Gasteiger partial charge in [0.15, 0.2) is 5.96 Å². The van der Waals surface area contributed by atoms with Gasteiger partial charge in [-0.1, -0.05) is 6.92 Å². The molecule has 0 spiro atoms. The van der Waals surface area contributed by atoms with E-state index in [4.69, 9.17) is 9.47 Å². The topological polar surface area (TPSA) is 58.1 Å². The molecule has 7 heteroatoms. The predicted octanol–water partition coefficient (Wildman–Crippen LogP) is 1.16. The van der Waals surface area contributed by atoms with Crippen LogP contribution in [0.4, 0.5) is 0 Å². The molecule has 0 saturated carbocycles. The highest BCUT2D eigenvalue weighted by Crippen LogP contribution is 2.26. The summed E-state index contributed by atoms with van der Waals surface area (Å²) in [6.07, 6.45) is 1.07. The summed E-state index contributed by atoms with van der Waals surface area (Å²) in [4.78, 5) is 6.96. The van der Waals surface area contributed by atoms with Crippen molar-refractivity contribution in [2.45, 2.75) is 20.3 Å². The van der Waals surface area contributed by atoms with Crippen molar-refractivity contribution in [3.8, 4) is 0 Å². The average Bonchev–Trinajstić information content (AvgIpc) is 2.43. The lowest BCUT2D eigenvalue weighted by atomic mass is 9.89. The second-order valence-electron chi connectivity index (χ2n) is 6.08. The van der Waals surface area contributed by atoms with Crippen LogP contribution < -0.4 is 10.6 Å². The number of nitrogens with one attached hydrogen (secondary N) is 2. The fourth-order valence-electron chi connectivity index (χ4n) is 2.11. The predicted molar refractivity (Wildman–Crippen MR) is 102 cm³/mol. The number of likely N-dealkylation sites (N-methyl/N-ethyl adjacent to an activating group) is 1. The Kier molecular flexibility index (Phi) is 12.3. The maximum atomic E-state index is 5.26. The SMILES string of the molecule is CCNC(=NCC1(C)COC1)NCCN(C)CCCOC.I. The average molecular weight is 428 g/mol. The second kappa shape index (κ2) is 12.3. The van der Waals surface area contributed by atoms with Crippen molar-refractivity contribution in [2.24, 2.45) is 10.4 Å². The maximum Gasteiger partial charge on any atom is 0.191 e. The zero-order chi connectivity index (χ0) is 15.6. The molecule has 0 aromatic rings. The molecule has 0 amide bonds. The molecule has 0 aromatic heterocycles. The minimum Gasteiger partial charge on any atom is -0.385 e. The number of hydrogen-bond donors (Lipinski definition) is 2. The third-order valence-electron chi connectivity index (χ3n) is 3.54. The fourth-order valence-corrected chi connectivity index (χ4v) is 2.11. The molecule has 1 heterocycles. The molecule has 6 nitrogen and oxygen atoms in total. The lowest BCUT2D eigenvalue weighted by Crippen LogP contribution is -2.45. The van der Waals surface area contributed by atoms with E-state index in [0.717, 1.165) is 64.9 Å². The molecule has 0 aliphatic carbocycles. The molecule has 132 valence electrons. The molecule has 1 saturated heterocycles. The number of methoxy groups -OCH3 is 1. The van der Waals surface area contributed by atoms with E-state index in [0.29, 0.717) is 0 Å². The second-order valence-corrected chi connectivity index (χ2v) is 6.08. The first-order chi connectivity index (χ1) is 10.1. The van der Waals surface area contributed by atoms with Gasteiger partial charge in [0, 0.05) is 45.3 Å². The van der Waals surface area contributed by atoms with E-state index in [9.17, 15) is 0 Å². The quantitative estimate of drug-likeness (QED) is 0.237. The van der Waals surface area contributed by atoms with Crippen LogP contribution in [0.5, 0.6) is 0 Å². The van der Waals surface area contributed by atoms with Crippen molar-refractivity contribution in [1.82, 2.24) is 15.5 Å². The summed E-state index contributed by atoms with van der Waals surface area (Å²) in [5.74, 6) is 0.899. The maximum absolute atomic E-state index is 5.26. The van der Waals surface area contributed by atoms with Gasteiger partial charge in [0.2, 0.25) is 0 Å². The Bertz CT molecular complexity index is 312.